The van der Waals surface area contributed by atoms with Gasteiger partial charge in [0.25, 0.3) is 0 Å². The van der Waals surface area contributed by atoms with Crippen molar-refractivity contribution in [2.75, 3.05) is 24.5 Å². The molecule has 2 rings (SSSR count). The number of pyridine rings is 1. The molecule has 1 aromatic heterocycles. The highest BCUT2D eigenvalue weighted by Crippen LogP contribution is 2.22. The number of rotatable bonds is 5. The molecule has 2 amide bonds. The topological polar surface area (TPSA) is 74.3 Å². The first-order chi connectivity index (χ1) is 10.1. The van der Waals surface area contributed by atoms with Crippen molar-refractivity contribution in [3.63, 3.8) is 0 Å². The fourth-order valence-electron chi connectivity index (χ4n) is 2.37. The van der Waals surface area contributed by atoms with Crippen LogP contribution in [0.4, 0.5) is 5.82 Å². The number of aryl methyl sites for hydroxylation is 1. The molecule has 6 heteroatoms. The van der Waals surface area contributed by atoms with Crippen molar-refractivity contribution in [3.8, 4) is 0 Å². The Morgan fingerprint density at radius 3 is 2.62 bits per heavy atom. The van der Waals surface area contributed by atoms with E-state index in [4.69, 9.17) is 0 Å². The average Bonchev–Trinajstić information content (AvgIpc) is 2.97. The number of carbonyl (C=O) groups is 2. The molecule has 0 aliphatic carbocycles. The molecule has 0 spiro atoms. The summed E-state index contributed by atoms with van der Waals surface area (Å²) in [6, 6.07) is 3.96. The van der Waals surface area contributed by atoms with Gasteiger partial charge in [0.15, 0.2) is 0 Å². The maximum Gasteiger partial charge on any atom is 0.239 e. The highest BCUT2D eigenvalue weighted by atomic mass is 16.2. The molecule has 21 heavy (non-hydrogen) atoms. The summed E-state index contributed by atoms with van der Waals surface area (Å²) in [4.78, 5) is 29.3. The molecule has 2 N–H and O–H groups in total. The minimum atomic E-state index is -0.208. The Labute approximate surface area is 124 Å². The maximum absolute atomic E-state index is 11.7. The number of amides is 2. The second-order valence-corrected chi connectivity index (χ2v) is 5.32. The lowest BCUT2D eigenvalue weighted by Gasteiger charge is -2.20. The molecule has 0 saturated carbocycles. The molecule has 6 nitrogen and oxygen atoms in total. The highest BCUT2D eigenvalue weighted by Gasteiger charge is 2.17. The largest absolute Gasteiger partial charge is 0.356 e. The Hall–Kier alpha value is -2.11. The third-order valence-electron chi connectivity index (χ3n) is 3.47. The lowest BCUT2D eigenvalue weighted by Crippen LogP contribution is -2.36. The average molecular weight is 290 g/mol. The van der Waals surface area contributed by atoms with Crippen LogP contribution in [-0.4, -0.2) is 36.4 Å². The van der Waals surface area contributed by atoms with Gasteiger partial charge in [0.05, 0.1) is 6.54 Å². The number of anilines is 1. The van der Waals surface area contributed by atoms with Gasteiger partial charge in [-0.1, -0.05) is 6.07 Å². The predicted octanol–water partition coefficient (Wildman–Crippen LogP) is 0.743. The summed E-state index contributed by atoms with van der Waals surface area (Å²) in [6.45, 7) is 5.83. The summed E-state index contributed by atoms with van der Waals surface area (Å²) < 4.78 is 0. The molecule has 114 valence electrons. The fourth-order valence-corrected chi connectivity index (χ4v) is 2.37. The van der Waals surface area contributed by atoms with Crippen LogP contribution in [0.3, 0.4) is 0 Å². The molecule has 0 atom stereocenters. The first kappa shape index (κ1) is 15.3. The molecule has 0 aromatic carbocycles. The molecule has 0 bridgehead atoms. The van der Waals surface area contributed by atoms with Crippen LogP contribution in [0.25, 0.3) is 0 Å². The van der Waals surface area contributed by atoms with Crippen LogP contribution in [0.2, 0.25) is 0 Å². The lowest BCUT2D eigenvalue weighted by atomic mass is 10.2. The molecular formula is C15H22N4O2. The van der Waals surface area contributed by atoms with E-state index in [0.717, 1.165) is 30.2 Å². The molecule has 1 aromatic rings. The normalized spacial score (nSPS) is 14.1. The van der Waals surface area contributed by atoms with Crippen molar-refractivity contribution < 1.29 is 9.59 Å². The van der Waals surface area contributed by atoms with E-state index in [9.17, 15) is 9.59 Å². The van der Waals surface area contributed by atoms with Crippen molar-refractivity contribution in [2.24, 2.45) is 0 Å². The molecule has 1 saturated heterocycles. The van der Waals surface area contributed by atoms with E-state index in [0.29, 0.717) is 6.54 Å². The first-order valence-electron chi connectivity index (χ1n) is 7.29. The van der Waals surface area contributed by atoms with E-state index in [1.807, 2.05) is 19.1 Å². The maximum atomic E-state index is 11.7. The predicted molar refractivity (Wildman–Crippen MR) is 81.0 cm³/mol. The smallest absolute Gasteiger partial charge is 0.239 e. The number of hydrogen-bond donors (Lipinski definition) is 2. The molecule has 1 aliphatic rings. The van der Waals surface area contributed by atoms with Crippen LogP contribution >= 0.6 is 0 Å². The van der Waals surface area contributed by atoms with Gasteiger partial charge < -0.3 is 15.5 Å². The SMILES string of the molecule is CC(=O)NCC(=O)NCc1ccc(C)nc1N1CCCC1. The van der Waals surface area contributed by atoms with Gasteiger partial charge in [0, 0.05) is 37.8 Å². The van der Waals surface area contributed by atoms with E-state index in [1.54, 1.807) is 0 Å². The van der Waals surface area contributed by atoms with E-state index in [1.165, 1.54) is 19.8 Å². The standard InChI is InChI=1S/C15H22N4O2/c1-11-5-6-13(9-17-14(21)10-16-12(2)20)15(18-11)19-7-3-4-8-19/h5-6H,3-4,7-10H2,1-2H3,(H,16,20)(H,17,21). The molecule has 1 aliphatic heterocycles. The summed E-state index contributed by atoms with van der Waals surface area (Å²) in [5, 5.41) is 5.30. The summed E-state index contributed by atoms with van der Waals surface area (Å²) in [5.74, 6) is 0.561. The van der Waals surface area contributed by atoms with Crippen LogP contribution in [0.1, 0.15) is 31.0 Å². The molecule has 0 unspecified atom stereocenters. The van der Waals surface area contributed by atoms with Crippen molar-refractivity contribution >= 4 is 17.6 Å². The quantitative estimate of drug-likeness (QED) is 0.839. The minimum absolute atomic E-state index is 0.00761. The zero-order valence-corrected chi connectivity index (χ0v) is 12.6. The van der Waals surface area contributed by atoms with Gasteiger partial charge in [0.1, 0.15) is 5.82 Å². The minimum Gasteiger partial charge on any atom is -0.356 e. The number of nitrogens with one attached hydrogen (secondary N) is 2. The van der Waals surface area contributed by atoms with Crippen molar-refractivity contribution in [1.82, 2.24) is 15.6 Å². The van der Waals surface area contributed by atoms with Gasteiger partial charge in [-0.3, -0.25) is 9.59 Å². The zero-order valence-electron chi connectivity index (χ0n) is 12.6. The Morgan fingerprint density at radius 1 is 1.24 bits per heavy atom. The Balaban J connectivity index is 1.99. The highest BCUT2D eigenvalue weighted by molar-refractivity contribution is 5.83. The summed E-state index contributed by atoms with van der Waals surface area (Å²) in [7, 11) is 0. The van der Waals surface area contributed by atoms with E-state index in [2.05, 4.69) is 20.5 Å². The van der Waals surface area contributed by atoms with Gasteiger partial charge in [0.2, 0.25) is 11.8 Å². The number of nitrogens with zero attached hydrogens (tertiary/aromatic N) is 2. The van der Waals surface area contributed by atoms with Gasteiger partial charge in [-0.05, 0) is 25.8 Å². The first-order valence-corrected chi connectivity index (χ1v) is 7.29. The Bertz CT molecular complexity index is 524. The fraction of sp³-hybridized carbons (Fsp3) is 0.533. The second-order valence-electron chi connectivity index (χ2n) is 5.32. The Kier molecular flexibility index (Phi) is 5.14. The van der Waals surface area contributed by atoms with Crippen LogP contribution in [0, 0.1) is 6.92 Å². The van der Waals surface area contributed by atoms with Crippen molar-refractivity contribution in [2.45, 2.75) is 33.2 Å². The number of carbonyl (C=O) groups excluding carboxylic acids is 2. The molecule has 2 heterocycles. The van der Waals surface area contributed by atoms with Crippen molar-refractivity contribution in [3.05, 3.63) is 23.4 Å². The van der Waals surface area contributed by atoms with Crippen molar-refractivity contribution in [1.29, 1.82) is 0 Å². The van der Waals surface area contributed by atoms with Gasteiger partial charge in [-0.2, -0.15) is 0 Å². The van der Waals surface area contributed by atoms with Crippen LogP contribution in [0.5, 0.6) is 0 Å². The van der Waals surface area contributed by atoms with Gasteiger partial charge in [-0.15, -0.1) is 0 Å². The zero-order chi connectivity index (χ0) is 15.2. The second kappa shape index (κ2) is 7.06. The monoisotopic (exact) mass is 290 g/mol. The molecular weight excluding hydrogens is 268 g/mol. The number of hydrogen-bond acceptors (Lipinski definition) is 4. The van der Waals surface area contributed by atoms with E-state index < -0.39 is 0 Å². The Morgan fingerprint density at radius 2 is 1.95 bits per heavy atom. The third-order valence-corrected chi connectivity index (χ3v) is 3.47. The van der Waals surface area contributed by atoms with E-state index >= 15 is 0 Å². The van der Waals surface area contributed by atoms with Gasteiger partial charge >= 0.3 is 0 Å². The summed E-state index contributed by atoms with van der Waals surface area (Å²) in [6.07, 6.45) is 2.37. The third kappa shape index (κ3) is 4.44. The molecule has 1 fully saturated rings. The van der Waals surface area contributed by atoms with Crippen LogP contribution < -0.4 is 15.5 Å². The summed E-state index contributed by atoms with van der Waals surface area (Å²) >= 11 is 0. The lowest BCUT2D eigenvalue weighted by molar-refractivity contribution is -0.125. The number of aromatic nitrogens is 1. The van der Waals surface area contributed by atoms with E-state index in [-0.39, 0.29) is 18.4 Å². The van der Waals surface area contributed by atoms with Crippen LogP contribution in [-0.2, 0) is 16.1 Å². The van der Waals surface area contributed by atoms with Gasteiger partial charge in [-0.25, -0.2) is 4.98 Å². The molecule has 0 radical (unpaired) electrons. The summed E-state index contributed by atoms with van der Waals surface area (Å²) in [5.41, 5.74) is 1.99. The van der Waals surface area contributed by atoms with Crippen LogP contribution in [0.15, 0.2) is 12.1 Å².